The first-order chi connectivity index (χ1) is 6.73. The fourth-order valence-corrected chi connectivity index (χ4v) is 1.55. The highest BCUT2D eigenvalue weighted by Gasteiger charge is 2.20. The highest BCUT2D eigenvalue weighted by atomic mass is 32.2. The summed E-state index contributed by atoms with van der Waals surface area (Å²) in [7, 11) is -4.10. The Kier molecular flexibility index (Phi) is 2.91. The molecule has 1 rings (SSSR count). The van der Waals surface area contributed by atoms with Crippen molar-refractivity contribution in [3.63, 3.8) is 0 Å². The lowest BCUT2D eigenvalue weighted by Gasteiger charge is -2.08. The molecule has 8 heteroatoms. The van der Waals surface area contributed by atoms with Gasteiger partial charge in [-0.15, -0.1) is 0 Å². The monoisotopic (exact) mass is 237 g/mol. The van der Waals surface area contributed by atoms with E-state index in [-0.39, 0.29) is 11.3 Å². The SMILES string of the molecule is Cc1cc(S(N)(=O)=O)nc(C(F)F)c1N. The van der Waals surface area contributed by atoms with Crippen LogP contribution in [0.15, 0.2) is 11.1 Å². The first-order valence-electron chi connectivity index (χ1n) is 3.81. The Balaban J connectivity index is 3.50. The van der Waals surface area contributed by atoms with Crippen LogP contribution in [-0.4, -0.2) is 13.4 Å². The first-order valence-corrected chi connectivity index (χ1v) is 5.36. The van der Waals surface area contributed by atoms with Crippen molar-refractivity contribution >= 4 is 15.7 Å². The molecule has 0 fully saturated rings. The minimum Gasteiger partial charge on any atom is -0.397 e. The summed E-state index contributed by atoms with van der Waals surface area (Å²) >= 11 is 0. The molecular formula is C7H9F2N3O2S. The molecule has 0 bridgehead atoms. The third kappa shape index (κ3) is 2.39. The van der Waals surface area contributed by atoms with E-state index in [1.54, 1.807) is 0 Å². The van der Waals surface area contributed by atoms with Gasteiger partial charge in [0.25, 0.3) is 16.4 Å². The molecular weight excluding hydrogens is 228 g/mol. The normalized spacial score (nSPS) is 12.1. The molecule has 1 aromatic rings. The minimum atomic E-state index is -4.10. The summed E-state index contributed by atoms with van der Waals surface area (Å²) in [6, 6.07) is 1.05. The van der Waals surface area contributed by atoms with Gasteiger partial charge in [0.15, 0.2) is 5.03 Å². The van der Waals surface area contributed by atoms with Crippen LogP contribution in [0.25, 0.3) is 0 Å². The van der Waals surface area contributed by atoms with E-state index in [9.17, 15) is 17.2 Å². The van der Waals surface area contributed by atoms with Crippen molar-refractivity contribution in [2.75, 3.05) is 5.73 Å². The van der Waals surface area contributed by atoms with E-state index in [0.717, 1.165) is 6.07 Å². The average Bonchev–Trinajstić information content (AvgIpc) is 2.06. The van der Waals surface area contributed by atoms with Crippen molar-refractivity contribution in [3.8, 4) is 0 Å². The first kappa shape index (κ1) is 11.8. The maximum absolute atomic E-state index is 12.4. The Morgan fingerprint density at radius 3 is 2.40 bits per heavy atom. The predicted octanol–water partition coefficient (Wildman–Crippen LogP) is 0.557. The highest BCUT2D eigenvalue weighted by Crippen LogP contribution is 2.26. The summed E-state index contributed by atoms with van der Waals surface area (Å²) in [6.45, 7) is 1.40. The minimum absolute atomic E-state index is 0.198. The number of rotatable bonds is 2. The summed E-state index contributed by atoms with van der Waals surface area (Å²) in [5.74, 6) is 0. The Morgan fingerprint density at radius 2 is 2.00 bits per heavy atom. The number of anilines is 1. The number of halogens is 2. The van der Waals surface area contributed by atoms with Crippen LogP contribution in [0.4, 0.5) is 14.5 Å². The Bertz CT molecular complexity index is 487. The van der Waals surface area contributed by atoms with Crippen LogP contribution < -0.4 is 10.9 Å². The number of nitrogen functional groups attached to an aromatic ring is 1. The van der Waals surface area contributed by atoms with E-state index in [0.29, 0.717) is 0 Å². The van der Waals surface area contributed by atoms with Gasteiger partial charge in [-0.3, -0.25) is 0 Å². The van der Waals surface area contributed by atoms with Gasteiger partial charge in [0, 0.05) is 0 Å². The number of hydrogen-bond donors (Lipinski definition) is 2. The Hall–Kier alpha value is -1.28. The van der Waals surface area contributed by atoms with E-state index in [2.05, 4.69) is 4.98 Å². The molecule has 0 amide bonds. The summed E-state index contributed by atoms with van der Waals surface area (Å²) < 4.78 is 46.6. The van der Waals surface area contributed by atoms with E-state index >= 15 is 0 Å². The number of primary sulfonamides is 1. The Labute approximate surface area is 85.2 Å². The van der Waals surface area contributed by atoms with E-state index in [1.807, 2.05) is 0 Å². The van der Waals surface area contributed by atoms with E-state index < -0.39 is 27.2 Å². The zero-order chi connectivity index (χ0) is 11.8. The average molecular weight is 237 g/mol. The molecule has 5 nitrogen and oxygen atoms in total. The molecule has 0 saturated carbocycles. The van der Waals surface area contributed by atoms with Gasteiger partial charge in [-0.2, -0.15) is 0 Å². The van der Waals surface area contributed by atoms with Crippen molar-refractivity contribution in [1.29, 1.82) is 0 Å². The fourth-order valence-electron chi connectivity index (χ4n) is 0.988. The van der Waals surface area contributed by atoms with Crippen molar-refractivity contribution in [2.24, 2.45) is 5.14 Å². The smallest absolute Gasteiger partial charge is 0.282 e. The quantitative estimate of drug-likeness (QED) is 0.784. The zero-order valence-corrected chi connectivity index (χ0v) is 8.55. The summed E-state index contributed by atoms with van der Waals surface area (Å²) in [4.78, 5) is 3.22. The molecule has 1 heterocycles. The highest BCUT2D eigenvalue weighted by molar-refractivity contribution is 7.89. The van der Waals surface area contributed by atoms with Crippen LogP contribution in [-0.2, 0) is 10.0 Å². The maximum Gasteiger partial charge on any atom is 0.282 e. The molecule has 0 aliphatic carbocycles. The number of hydrogen-bond acceptors (Lipinski definition) is 4. The van der Waals surface area contributed by atoms with Crippen molar-refractivity contribution in [1.82, 2.24) is 4.98 Å². The van der Waals surface area contributed by atoms with Crippen LogP contribution in [0.2, 0.25) is 0 Å². The Morgan fingerprint density at radius 1 is 1.47 bits per heavy atom. The second-order valence-corrected chi connectivity index (χ2v) is 4.43. The van der Waals surface area contributed by atoms with Crippen LogP contribution in [0, 0.1) is 6.92 Å². The third-order valence-electron chi connectivity index (χ3n) is 1.77. The van der Waals surface area contributed by atoms with Gasteiger partial charge in [-0.25, -0.2) is 27.3 Å². The van der Waals surface area contributed by atoms with E-state index in [4.69, 9.17) is 10.9 Å². The van der Waals surface area contributed by atoms with Gasteiger partial charge in [0.2, 0.25) is 0 Å². The molecule has 15 heavy (non-hydrogen) atoms. The van der Waals surface area contributed by atoms with Crippen LogP contribution >= 0.6 is 0 Å². The molecule has 4 N–H and O–H groups in total. The molecule has 0 spiro atoms. The van der Waals surface area contributed by atoms with Gasteiger partial charge in [-0.1, -0.05) is 0 Å². The van der Waals surface area contributed by atoms with E-state index in [1.165, 1.54) is 6.92 Å². The maximum atomic E-state index is 12.4. The summed E-state index contributed by atoms with van der Waals surface area (Å²) in [6.07, 6.45) is -2.94. The second-order valence-electron chi connectivity index (χ2n) is 2.92. The number of nitrogens with zero attached hydrogens (tertiary/aromatic N) is 1. The molecule has 84 valence electrons. The molecule has 0 unspecified atom stereocenters. The molecule has 0 aliphatic rings. The number of pyridine rings is 1. The molecule has 1 aromatic heterocycles. The number of nitrogens with two attached hydrogens (primary N) is 2. The van der Waals surface area contributed by atoms with Crippen LogP contribution in [0.5, 0.6) is 0 Å². The lowest BCUT2D eigenvalue weighted by atomic mass is 10.2. The van der Waals surface area contributed by atoms with Crippen molar-refractivity contribution in [2.45, 2.75) is 18.4 Å². The van der Waals surface area contributed by atoms with Gasteiger partial charge >= 0.3 is 0 Å². The van der Waals surface area contributed by atoms with Crippen molar-refractivity contribution in [3.05, 3.63) is 17.3 Å². The van der Waals surface area contributed by atoms with Gasteiger partial charge in [0.1, 0.15) is 5.69 Å². The number of aryl methyl sites for hydroxylation is 1. The molecule has 0 aliphatic heterocycles. The second kappa shape index (κ2) is 3.70. The number of sulfonamides is 1. The fraction of sp³-hybridized carbons (Fsp3) is 0.286. The lowest BCUT2D eigenvalue weighted by molar-refractivity contribution is 0.146. The molecule has 0 saturated heterocycles. The third-order valence-corrected chi connectivity index (χ3v) is 2.56. The topological polar surface area (TPSA) is 99.1 Å². The molecule has 0 radical (unpaired) electrons. The number of aromatic nitrogens is 1. The standard InChI is InChI=1S/C7H9F2N3O2S/c1-3-2-4(15(11,13)14)12-6(5(3)10)7(8)9/h2,7H,10H2,1H3,(H2,11,13,14). The molecule has 0 atom stereocenters. The van der Waals surface area contributed by atoms with Crippen LogP contribution in [0.1, 0.15) is 17.7 Å². The van der Waals surface area contributed by atoms with Crippen molar-refractivity contribution < 1.29 is 17.2 Å². The zero-order valence-electron chi connectivity index (χ0n) is 7.74. The van der Waals surface area contributed by atoms with Gasteiger partial charge in [0.05, 0.1) is 5.69 Å². The largest absolute Gasteiger partial charge is 0.397 e. The van der Waals surface area contributed by atoms with Gasteiger partial charge in [-0.05, 0) is 18.6 Å². The van der Waals surface area contributed by atoms with Gasteiger partial charge < -0.3 is 5.73 Å². The predicted molar refractivity (Wildman–Crippen MR) is 49.7 cm³/mol. The summed E-state index contributed by atoms with van der Waals surface area (Å²) in [5.41, 5.74) is 4.53. The number of alkyl halides is 2. The summed E-state index contributed by atoms with van der Waals surface area (Å²) in [5, 5.41) is 4.16. The lowest BCUT2D eigenvalue weighted by Crippen LogP contribution is -2.16. The molecule has 0 aromatic carbocycles. The van der Waals surface area contributed by atoms with Crippen LogP contribution in [0.3, 0.4) is 0 Å².